The van der Waals surface area contributed by atoms with Gasteiger partial charge in [0.25, 0.3) is 0 Å². The molecule has 0 bridgehead atoms. The van der Waals surface area contributed by atoms with Crippen molar-refractivity contribution in [1.29, 1.82) is 5.26 Å². The quantitative estimate of drug-likeness (QED) is 0.803. The second-order valence-electron chi connectivity index (χ2n) is 3.51. The minimum Gasteiger partial charge on any atom is -0.392 e. The van der Waals surface area contributed by atoms with Crippen LogP contribution in [0, 0.1) is 11.3 Å². The first-order valence-corrected chi connectivity index (χ1v) is 4.83. The Morgan fingerprint density at radius 3 is 2.20 bits per heavy atom. The molecule has 0 amide bonds. The van der Waals surface area contributed by atoms with Crippen molar-refractivity contribution in [2.45, 2.75) is 13.0 Å². The van der Waals surface area contributed by atoms with Gasteiger partial charge in [0, 0.05) is 0 Å². The van der Waals surface area contributed by atoms with Gasteiger partial charge in [-0.15, -0.1) is 0 Å². The Labute approximate surface area is 88.4 Å². The molecule has 0 atom stereocenters. The highest BCUT2D eigenvalue weighted by Crippen LogP contribution is 2.18. The van der Waals surface area contributed by atoms with Crippen LogP contribution >= 0.6 is 0 Å². The molecule has 0 aliphatic heterocycles. The minimum absolute atomic E-state index is 0.0654. The van der Waals surface area contributed by atoms with Crippen LogP contribution < -0.4 is 0 Å². The van der Waals surface area contributed by atoms with Crippen LogP contribution in [0.5, 0.6) is 0 Å². The van der Waals surface area contributed by atoms with Gasteiger partial charge in [0.1, 0.15) is 0 Å². The number of rotatable bonds is 2. The highest BCUT2D eigenvalue weighted by molar-refractivity contribution is 5.83. The van der Waals surface area contributed by atoms with E-state index in [9.17, 15) is 0 Å². The lowest BCUT2D eigenvalue weighted by atomic mass is 10.0. The van der Waals surface area contributed by atoms with E-state index in [4.69, 9.17) is 10.4 Å². The number of nitriles is 1. The first-order valence-electron chi connectivity index (χ1n) is 4.83. The molecule has 0 unspecified atom stereocenters. The van der Waals surface area contributed by atoms with Gasteiger partial charge in [0.2, 0.25) is 0 Å². The molecule has 0 fully saturated rings. The van der Waals surface area contributed by atoms with Crippen LogP contribution in [0.4, 0.5) is 0 Å². The zero-order valence-corrected chi connectivity index (χ0v) is 8.27. The molecule has 15 heavy (non-hydrogen) atoms. The molecule has 0 saturated heterocycles. The minimum atomic E-state index is 0.0654. The van der Waals surface area contributed by atoms with Gasteiger partial charge < -0.3 is 5.11 Å². The van der Waals surface area contributed by atoms with Crippen LogP contribution in [0.1, 0.15) is 11.1 Å². The molecule has 0 radical (unpaired) electrons. The lowest BCUT2D eigenvalue weighted by Crippen LogP contribution is -1.85. The summed E-state index contributed by atoms with van der Waals surface area (Å²) in [4.78, 5) is 0. The molecular weight excluding hydrogens is 186 g/mol. The summed E-state index contributed by atoms with van der Waals surface area (Å²) in [7, 11) is 0. The molecule has 2 heteroatoms. The first kappa shape index (κ1) is 9.70. The highest BCUT2D eigenvalue weighted by Gasteiger charge is 1.97. The van der Waals surface area contributed by atoms with Crippen molar-refractivity contribution in [3.05, 3.63) is 47.5 Å². The first-order chi connectivity index (χ1) is 7.33. The van der Waals surface area contributed by atoms with Crippen molar-refractivity contribution >= 4 is 10.8 Å². The molecular formula is C13H11NO. The molecule has 2 aromatic carbocycles. The third kappa shape index (κ3) is 1.98. The van der Waals surface area contributed by atoms with Crippen LogP contribution in [0.3, 0.4) is 0 Å². The van der Waals surface area contributed by atoms with Gasteiger partial charge in [-0.25, -0.2) is 0 Å². The highest BCUT2D eigenvalue weighted by atomic mass is 16.3. The predicted octanol–water partition coefficient (Wildman–Crippen LogP) is 2.40. The molecule has 2 aromatic rings. The Balaban J connectivity index is 2.51. The SMILES string of the molecule is N#CCc1ccc2cc(CO)ccc2c1. The molecule has 74 valence electrons. The van der Waals surface area contributed by atoms with Crippen LogP contribution in [0.25, 0.3) is 10.8 Å². The average molecular weight is 197 g/mol. The van der Waals surface area contributed by atoms with E-state index in [1.165, 1.54) is 0 Å². The zero-order valence-electron chi connectivity index (χ0n) is 8.27. The maximum atomic E-state index is 8.99. The van der Waals surface area contributed by atoms with Gasteiger partial charge in [-0.1, -0.05) is 30.3 Å². The van der Waals surface area contributed by atoms with E-state index in [-0.39, 0.29) is 6.61 Å². The van der Waals surface area contributed by atoms with E-state index in [2.05, 4.69) is 6.07 Å². The average Bonchev–Trinajstić information content (AvgIpc) is 2.29. The summed E-state index contributed by atoms with van der Waals surface area (Å²) in [6.45, 7) is 0.0654. The topological polar surface area (TPSA) is 44.0 Å². The monoisotopic (exact) mass is 197 g/mol. The van der Waals surface area contributed by atoms with Gasteiger partial charge in [0.05, 0.1) is 19.1 Å². The molecule has 0 heterocycles. The Kier molecular flexibility index (Phi) is 2.66. The fourth-order valence-electron chi connectivity index (χ4n) is 1.64. The van der Waals surface area contributed by atoms with E-state index in [1.807, 2.05) is 36.4 Å². The molecule has 2 rings (SSSR count). The Morgan fingerprint density at radius 2 is 1.60 bits per heavy atom. The van der Waals surface area contributed by atoms with E-state index in [1.54, 1.807) is 0 Å². The van der Waals surface area contributed by atoms with Crippen molar-refractivity contribution in [1.82, 2.24) is 0 Å². The maximum Gasteiger partial charge on any atom is 0.0682 e. The normalized spacial score (nSPS) is 10.1. The van der Waals surface area contributed by atoms with Crippen LogP contribution in [0.2, 0.25) is 0 Å². The van der Waals surface area contributed by atoms with E-state index >= 15 is 0 Å². The lowest BCUT2D eigenvalue weighted by Gasteiger charge is -2.02. The summed E-state index contributed by atoms with van der Waals surface area (Å²) >= 11 is 0. The predicted molar refractivity (Wildman–Crippen MR) is 59.2 cm³/mol. The Hall–Kier alpha value is -1.85. The summed E-state index contributed by atoms with van der Waals surface area (Å²) < 4.78 is 0. The summed E-state index contributed by atoms with van der Waals surface area (Å²) in [6.07, 6.45) is 0.442. The van der Waals surface area contributed by atoms with Crippen molar-refractivity contribution in [3.8, 4) is 6.07 Å². The van der Waals surface area contributed by atoms with Crippen LogP contribution in [-0.4, -0.2) is 5.11 Å². The van der Waals surface area contributed by atoms with E-state index in [0.717, 1.165) is 21.9 Å². The summed E-state index contributed by atoms with van der Waals surface area (Å²) in [5, 5.41) is 19.8. The number of aliphatic hydroxyl groups is 1. The van der Waals surface area contributed by atoms with Gasteiger partial charge >= 0.3 is 0 Å². The van der Waals surface area contributed by atoms with Crippen molar-refractivity contribution < 1.29 is 5.11 Å². The molecule has 0 aliphatic carbocycles. The van der Waals surface area contributed by atoms with Crippen molar-refractivity contribution in [3.63, 3.8) is 0 Å². The van der Waals surface area contributed by atoms with Crippen LogP contribution in [0.15, 0.2) is 36.4 Å². The summed E-state index contributed by atoms with van der Waals surface area (Å²) in [6, 6.07) is 13.9. The lowest BCUT2D eigenvalue weighted by molar-refractivity contribution is 0.282. The van der Waals surface area contributed by atoms with Crippen molar-refractivity contribution in [2.75, 3.05) is 0 Å². The number of fused-ring (bicyclic) bond motifs is 1. The largest absolute Gasteiger partial charge is 0.392 e. The molecule has 2 nitrogen and oxygen atoms in total. The van der Waals surface area contributed by atoms with Gasteiger partial charge in [-0.3, -0.25) is 0 Å². The number of hydrogen-bond donors (Lipinski definition) is 1. The second-order valence-corrected chi connectivity index (χ2v) is 3.51. The van der Waals surface area contributed by atoms with Crippen molar-refractivity contribution in [2.24, 2.45) is 0 Å². The zero-order chi connectivity index (χ0) is 10.7. The third-order valence-corrected chi connectivity index (χ3v) is 2.43. The maximum absolute atomic E-state index is 8.99. The molecule has 0 aliphatic rings. The van der Waals surface area contributed by atoms with E-state index < -0.39 is 0 Å². The van der Waals surface area contributed by atoms with E-state index in [0.29, 0.717) is 6.42 Å². The Morgan fingerprint density at radius 1 is 1.00 bits per heavy atom. The van der Waals surface area contributed by atoms with Gasteiger partial charge in [-0.2, -0.15) is 5.26 Å². The van der Waals surface area contributed by atoms with Crippen LogP contribution in [-0.2, 0) is 13.0 Å². The number of benzene rings is 2. The standard InChI is InChI=1S/C13H11NO/c14-6-5-10-1-3-13-8-11(9-15)2-4-12(13)7-10/h1-4,7-8,15H,5,9H2. The third-order valence-electron chi connectivity index (χ3n) is 2.43. The molecule has 0 spiro atoms. The number of hydrogen-bond acceptors (Lipinski definition) is 2. The summed E-state index contributed by atoms with van der Waals surface area (Å²) in [5.74, 6) is 0. The Bertz CT molecular complexity index is 526. The fourth-order valence-corrected chi connectivity index (χ4v) is 1.64. The number of aliphatic hydroxyl groups excluding tert-OH is 1. The molecule has 0 saturated carbocycles. The number of nitrogens with zero attached hydrogens (tertiary/aromatic N) is 1. The van der Waals surface area contributed by atoms with Gasteiger partial charge in [0.15, 0.2) is 0 Å². The molecule has 1 N–H and O–H groups in total. The molecule has 0 aromatic heterocycles. The second kappa shape index (κ2) is 4.12. The summed E-state index contributed by atoms with van der Waals surface area (Å²) in [5.41, 5.74) is 1.94. The fraction of sp³-hybridized carbons (Fsp3) is 0.154. The smallest absolute Gasteiger partial charge is 0.0682 e. The van der Waals surface area contributed by atoms with Gasteiger partial charge in [-0.05, 0) is 28.0 Å².